The van der Waals surface area contributed by atoms with Crippen molar-refractivity contribution in [3.63, 3.8) is 0 Å². The van der Waals surface area contributed by atoms with Crippen molar-refractivity contribution in [3.05, 3.63) is 54.2 Å². The number of nitrogens with zero attached hydrogens (tertiary/aromatic N) is 2. The van der Waals surface area contributed by atoms with Gasteiger partial charge in [0, 0.05) is 37.6 Å². The van der Waals surface area contributed by atoms with Crippen LogP contribution in [-0.4, -0.2) is 18.6 Å². The molecule has 0 saturated heterocycles. The van der Waals surface area contributed by atoms with Crippen LogP contribution in [0.2, 0.25) is 0 Å². The molecule has 0 bridgehead atoms. The van der Waals surface area contributed by atoms with E-state index < -0.39 is 0 Å². The van der Waals surface area contributed by atoms with Gasteiger partial charge in [-0.05, 0) is 25.1 Å². The predicted octanol–water partition coefficient (Wildman–Crippen LogP) is 3.15. The zero-order valence-corrected chi connectivity index (χ0v) is 10.9. The van der Waals surface area contributed by atoms with E-state index in [0.29, 0.717) is 0 Å². The van der Waals surface area contributed by atoms with Crippen molar-refractivity contribution < 1.29 is 0 Å². The standard InChI is InChI=1S/C15H19N3/c1-3-18(14-9-5-4-6-10-14)12-13-8-7-11-17-15(13)16-2/h4-11H,3,12H2,1-2H3,(H,16,17). The summed E-state index contributed by atoms with van der Waals surface area (Å²) >= 11 is 0. The quantitative estimate of drug-likeness (QED) is 0.871. The molecule has 0 aliphatic heterocycles. The number of para-hydroxylation sites is 1. The molecule has 2 aromatic rings. The van der Waals surface area contributed by atoms with Gasteiger partial charge >= 0.3 is 0 Å². The Morgan fingerprint density at radius 3 is 2.56 bits per heavy atom. The number of nitrogens with one attached hydrogen (secondary N) is 1. The maximum Gasteiger partial charge on any atom is 0.130 e. The van der Waals surface area contributed by atoms with Crippen LogP contribution >= 0.6 is 0 Å². The lowest BCUT2D eigenvalue weighted by molar-refractivity contribution is 0.829. The van der Waals surface area contributed by atoms with Gasteiger partial charge in [-0.15, -0.1) is 0 Å². The molecule has 3 heteroatoms. The fourth-order valence-corrected chi connectivity index (χ4v) is 2.02. The van der Waals surface area contributed by atoms with E-state index in [0.717, 1.165) is 18.9 Å². The smallest absolute Gasteiger partial charge is 0.130 e. The van der Waals surface area contributed by atoms with Crippen LogP contribution in [0.4, 0.5) is 11.5 Å². The van der Waals surface area contributed by atoms with Gasteiger partial charge in [-0.3, -0.25) is 0 Å². The summed E-state index contributed by atoms with van der Waals surface area (Å²) in [6.45, 7) is 4.01. The second kappa shape index (κ2) is 6.05. The third kappa shape index (κ3) is 2.80. The molecule has 3 nitrogen and oxygen atoms in total. The lowest BCUT2D eigenvalue weighted by atomic mass is 10.2. The Kier molecular flexibility index (Phi) is 4.18. The molecule has 1 aromatic carbocycles. The largest absolute Gasteiger partial charge is 0.373 e. The molecule has 1 N–H and O–H groups in total. The van der Waals surface area contributed by atoms with Crippen LogP contribution in [0.15, 0.2) is 48.7 Å². The lowest BCUT2D eigenvalue weighted by Crippen LogP contribution is -2.22. The topological polar surface area (TPSA) is 28.2 Å². The average Bonchev–Trinajstić information content (AvgIpc) is 2.46. The monoisotopic (exact) mass is 241 g/mol. The highest BCUT2D eigenvalue weighted by atomic mass is 15.1. The third-order valence-electron chi connectivity index (χ3n) is 2.99. The van der Waals surface area contributed by atoms with Crippen LogP contribution < -0.4 is 10.2 Å². The Morgan fingerprint density at radius 2 is 1.89 bits per heavy atom. The number of hydrogen-bond donors (Lipinski definition) is 1. The zero-order valence-electron chi connectivity index (χ0n) is 10.9. The summed E-state index contributed by atoms with van der Waals surface area (Å²) in [7, 11) is 1.91. The number of anilines is 2. The fourth-order valence-electron chi connectivity index (χ4n) is 2.02. The predicted molar refractivity (Wildman–Crippen MR) is 76.9 cm³/mol. The van der Waals surface area contributed by atoms with Crippen molar-refractivity contribution in [2.45, 2.75) is 13.5 Å². The van der Waals surface area contributed by atoms with Crippen molar-refractivity contribution >= 4 is 11.5 Å². The highest BCUT2D eigenvalue weighted by molar-refractivity contribution is 5.50. The van der Waals surface area contributed by atoms with E-state index in [1.165, 1.54) is 11.3 Å². The molecule has 1 heterocycles. The second-order valence-corrected chi connectivity index (χ2v) is 4.11. The van der Waals surface area contributed by atoms with E-state index in [1.54, 1.807) is 0 Å². The van der Waals surface area contributed by atoms with E-state index in [9.17, 15) is 0 Å². The Balaban J connectivity index is 2.21. The Bertz CT molecular complexity index is 482. The fraction of sp³-hybridized carbons (Fsp3) is 0.267. The summed E-state index contributed by atoms with van der Waals surface area (Å²) in [6, 6.07) is 14.6. The number of benzene rings is 1. The summed E-state index contributed by atoms with van der Waals surface area (Å²) in [6.07, 6.45) is 1.81. The van der Waals surface area contributed by atoms with E-state index in [2.05, 4.69) is 52.5 Å². The minimum atomic E-state index is 0.866. The van der Waals surface area contributed by atoms with Crippen LogP contribution in [0.5, 0.6) is 0 Å². The molecule has 18 heavy (non-hydrogen) atoms. The Morgan fingerprint density at radius 1 is 1.11 bits per heavy atom. The lowest BCUT2D eigenvalue weighted by Gasteiger charge is -2.24. The maximum atomic E-state index is 4.34. The summed E-state index contributed by atoms with van der Waals surface area (Å²) in [5, 5.41) is 3.14. The van der Waals surface area contributed by atoms with Crippen molar-refractivity contribution in [1.29, 1.82) is 0 Å². The number of hydrogen-bond acceptors (Lipinski definition) is 3. The van der Waals surface area contributed by atoms with E-state index in [4.69, 9.17) is 0 Å². The zero-order chi connectivity index (χ0) is 12.8. The molecule has 2 rings (SSSR count). The van der Waals surface area contributed by atoms with Gasteiger partial charge in [0.1, 0.15) is 5.82 Å². The molecule has 0 fully saturated rings. The summed E-state index contributed by atoms with van der Waals surface area (Å²) in [5.74, 6) is 0.951. The molecule has 1 aromatic heterocycles. The molecule has 0 amide bonds. The summed E-state index contributed by atoms with van der Waals surface area (Å²) in [4.78, 5) is 6.67. The number of aromatic nitrogens is 1. The SMILES string of the molecule is CCN(Cc1cccnc1NC)c1ccccc1. The van der Waals surface area contributed by atoms with Gasteiger partial charge in [0.2, 0.25) is 0 Å². The minimum Gasteiger partial charge on any atom is -0.373 e. The first-order valence-corrected chi connectivity index (χ1v) is 6.26. The average molecular weight is 241 g/mol. The van der Waals surface area contributed by atoms with E-state index in [1.807, 2.05) is 25.4 Å². The first kappa shape index (κ1) is 12.4. The normalized spacial score (nSPS) is 10.1. The minimum absolute atomic E-state index is 0.866. The molecule has 94 valence electrons. The van der Waals surface area contributed by atoms with Gasteiger partial charge in [0.25, 0.3) is 0 Å². The highest BCUT2D eigenvalue weighted by Crippen LogP contribution is 2.19. The Labute approximate surface area is 108 Å². The second-order valence-electron chi connectivity index (χ2n) is 4.11. The molecule has 0 radical (unpaired) electrons. The molecule has 0 saturated carbocycles. The van der Waals surface area contributed by atoms with Crippen LogP contribution in [0.3, 0.4) is 0 Å². The number of rotatable bonds is 5. The van der Waals surface area contributed by atoms with Crippen molar-refractivity contribution in [3.8, 4) is 0 Å². The molecule has 0 unspecified atom stereocenters. The van der Waals surface area contributed by atoms with Crippen molar-refractivity contribution in [2.24, 2.45) is 0 Å². The van der Waals surface area contributed by atoms with Gasteiger partial charge in [0.15, 0.2) is 0 Å². The molecule has 0 spiro atoms. The van der Waals surface area contributed by atoms with Gasteiger partial charge in [-0.25, -0.2) is 4.98 Å². The first-order chi connectivity index (χ1) is 8.85. The van der Waals surface area contributed by atoms with Crippen molar-refractivity contribution in [1.82, 2.24) is 4.98 Å². The van der Waals surface area contributed by atoms with Crippen LogP contribution in [0.1, 0.15) is 12.5 Å². The van der Waals surface area contributed by atoms with Crippen LogP contribution in [-0.2, 0) is 6.54 Å². The van der Waals surface area contributed by atoms with Gasteiger partial charge < -0.3 is 10.2 Å². The number of pyridine rings is 1. The van der Waals surface area contributed by atoms with E-state index >= 15 is 0 Å². The molecule has 0 aliphatic rings. The van der Waals surface area contributed by atoms with Gasteiger partial charge in [-0.1, -0.05) is 24.3 Å². The molecular weight excluding hydrogens is 222 g/mol. The Hall–Kier alpha value is -2.03. The van der Waals surface area contributed by atoms with E-state index in [-0.39, 0.29) is 0 Å². The molecule has 0 atom stereocenters. The summed E-state index contributed by atoms with van der Waals surface area (Å²) < 4.78 is 0. The summed E-state index contributed by atoms with van der Waals surface area (Å²) in [5.41, 5.74) is 2.46. The first-order valence-electron chi connectivity index (χ1n) is 6.26. The highest BCUT2D eigenvalue weighted by Gasteiger charge is 2.08. The van der Waals surface area contributed by atoms with Crippen LogP contribution in [0, 0.1) is 0 Å². The van der Waals surface area contributed by atoms with Gasteiger partial charge in [-0.2, -0.15) is 0 Å². The molecular formula is C15H19N3. The maximum absolute atomic E-state index is 4.34. The van der Waals surface area contributed by atoms with Crippen LogP contribution in [0.25, 0.3) is 0 Å². The third-order valence-corrected chi connectivity index (χ3v) is 2.99. The van der Waals surface area contributed by atoms with Gasteiger partial charge in [0.05, 0.1) is 0 Å². The van der Waals surface area contributed by atoms with Crippen molar-refractivity contribution in [2.75, 3.05) is 23.8 Å². The molecule has 0 aliphatic carbocycles.